The van der Waals surface area contributed by atoms with Gasteiger partial charge in [0.15, 0.2) is 0 Å². The van der Waals surface area contributed by atoms with Gasteiger partial charge in [0, 0.05) is 24.2 Å². The van der Waals surface area contributed by atoms with Gasteiger partial charge >= 0.3 is 0 Å². The minimum absolute atomic E-state index is 0.0990. The van der Waals surface area contributed by atoms with Crippen LogP contribution in [-0.4, -0.2) is 41.9 Å². The summed E-state index contributed by atoms with van der Waals surface area (Å²) < 4.78 is 0. The summed E-state index contributed by atoms with van der Waals surface area (Å²) in [6.07, 6.45) is 4.63. The Bertz CT molecular complexity index is 740. The third-order valence-electron chi connectivity index (χ3n) is 6.20. The SMILES string of the molecule is Cc1ccc(C(=O)N2CCC(c3ccccc3)(N3CCCC3)CC2)cc1. The van der Waals surface area contributed by atoms with Crippen LogP contribution in [0.1, 0.15) is 47.2 Å². The van der Waals surface area contributed by atoms with Crippen molar-refractivity contribution in [2.24, 2.45) is 0 Å². The predicted octanol–water partition coefficient (Wildman–Crippen LogP) is 4.22. The number of likely N-dealkylation sites (tertiary alicyclic amines) is 2. The van der Waals surface area contributed by atoms with E-state index in [1.165, 1.54) is 37.1 Å². The van der Waals surface area contributed by atoms with E-state index in [9.17, 15) is 4.79 Å². The molecule has 0 unspecified atom stereocenters. The fourth-order valence-electron chi connectivity index (χ4n) is 4.64. The van der Waals surface area contributed by atoms with Crippen LogP contribution in [0.2, 0.25) is 0 Å². The van der Waals surface area contributed by atoms with Gasteiger partial charge < -0.3 is 4.90 Å². The van der Waals surface area contributed by atoms with Gasteiger partial charge in [-0.1, -0.05) is 48.0 Å². The topological polar surface area (TPSA) is 23.6 Å². The molecule has 0 N–H and O–H groups in total. The number of amides is 1. The molecular formula is C23H28N2O. The normalized spacial score (nSPS) is 20.3. The zero-order valence-corrected chi connectivity index (χ0v) is 15.7. The van der Waals surface area contributed by atoms with Crippen LogP contribution in [0, 0.1) is 6.92 Å². The summed E-state index contributed by atoms with van der Waals surface area (Å²) in [7, 11) is 0. The van der Waals surface area contributed by atoms with E-state index in [4.69, 9.17) is 0 Å². The first-order valence-corrected chi connectivity index (χ1v) is 9.86. The Morgan fingerprint density at radius 1 is 0.846 bits per heavy atom. The fraction of sp³-hybridized carbons (Fsp3) is 0.435. The summed E-state index contributed by atoms with van der Waals surface area (Å²) in [5.74, 6) is 0.174. The Morgan fingerprint density at radius 3 is 2.08 bits per heavy atom. The first-order valence-electron chi connectivity index (χ1n) is 9.86. The maximum Gasteiger partial charge on any atom is 0.253 e. The van der Waals surface area contributed by atoms with Crippen LogP contribution < -0.4 is 0 Å². The monoisotopic (exact) mass is 348 g/mol. The highest BCUT2D eigenvalue weighted by Crippen LogP contribution is 2.41. The van der Waals surface area contributed by atoms with E-state index in [0.717, 1.165) is 31.5 Å². The molecule has 4 rings (SSSR count). The van der Waals surface area contributed by atoms with Crippen LogP contribution in [0.5, 0.6) is 0 Å². The standard InChI is InChI=1S/C23H28N2O/c1-19-9-11-20(12-10-19)22(26)24-17-13-23(14-18-24,25-15-5-6-16-25)21-7-3-2-4-8-21/h2-4,7-12H,5-6,13-18H2,1H3. The second-order valence-corrected chi connectivity index (χ2v) is 7.75. The Morgan fingerprint density at radius 2 is 1.46 bits per heavy atom. The van der Waals surface area contributed by atoms with Gasteiger partial charge in [-0.2, -0.15) is 0 Å². The van der Waals surface area contributed by atoms with Crippen molar-refractivity contribution in [2.45, 2.75) is 38.1 Å². The van der Waals surface area contributed by atoms with E-state index in [2.05, 4.69) is 42.2 Å². The number of carbonyl (C=O) groups excluding carboxylic acids is 1. The van der Waals surface area contributed by atoms with Crippen molar-refractivity contribution < 1.29 is 4.79 Å². The van der Waals surface area contributed by atoms with E-state index in [1.54, 1.807) is 0 Å². The molecule has 3 nitrogen and oxygen atoms in total. The van der Waals surface area contributed by atoms with E-state index in [1.807, 2.05) is 29.2 Å². The van der Waals surface area contributed by atoms with E-state index in [0.29, 0.717) is 0 Å². The van der Waals surface area contributed by atoms with Gasteiger partial charge in [0.25, 0.3) is 5.91 Å². The molecule has 0 atom stereocenters. The molecule has 0 spiro atoms. The summed E-state index contributed by atoms with van der Waals surface area (Å²) >= 11 is 0. The first kappa shape index (κ1) is 17.3. The number of carbonyl (C=O) groups is 1. The summed E-state index contributed by atoms with van der Waals surface area (Å²) in [4.78, 5) is 17.6. The molecule has 2 aliphatic heterocycles. The molecule has 2 aromatic rings. The Hall–Kier alpha value is -2.13. The van der Waals surface area contributed by atoms with Gasteiger partial charge in [0.2, 0.25) is 0 Å². The minimum Gasteiger partial charge on any atom is -0.338 e. The van der Waals surface area contributed by atoms with Crippen LogP contribution in [0.3, 0.4) is 0 Å². The molecule has 2 aromatic carbocycles. The number of piperidine rings is 1. The largest absolute Gasteiger partial charge is 0.338 e. The van der Waals surface area contributed by atoms with Gasteiger partial charge in [-0.25, -0.2) is 0 Å². The highest BCUT2D eigenvalue weighted by atomic mass is 16.2. The van der Waals surface area contributed by atoms with Gasteiger partial charge in [0.05, 0.1) is 0 Å². The lowest BCUT2D eigenvalue weighted by Gasteiger charge is -2.48. The maximum atomic E-state index is 12.9. The molecule has 0 saturated carbocycles. The molecule has 136 valence electrons. The first-order chi connectivity index (χ1) is 12.7. The van der Waals surface area contributed by atoms with Crippen LogP contribution >= 0.6 is 0 Å². The maximum absolute atomic E-state index is 12.9. The molecule has 0 bridgehead atoms. The van der Waals surface area contributed by atoms with E-state index < -0.39 is 0 Å². The molecule has 0 aliphatic carbocycles. The van der Waals surface area contributed by atoms with E-state index in [-0.39, 0.29) is 11.4 Å². The van der Waals surface area contributed by atoms with Gasteiger partial charge in [-0.05, 0) is 63.4 Å². The van der Waals surface area contributed by atoms with Crippen LogP contribution in [-0.2, 0) is 5.54 Å². The highest BCUT2D eigenvalue weighted by Gasteiger charge is 2.42. The minimum atomic E-state index is 0.0990. The average molecular weight is 348 g/mol. The predicted molar refractivity (Wildman–Crippen MR) is 105 cm³/mol. The number of hydrogen-bond acceptors (Lipinski definition) is 2. The van der Waals surface area contributed by atoms with Crippen molar-refractivity contribution in [3.8, 4) is 0 Å². The Balaban J connectivity index is 1.54. The Kier molecular flexibility index (Phi) is 4.82. The van der Waals surface area contributed by atoms with Gasteiger partial charge in [-0.15, -0.1) is 0 Å². The molecule has 2 fully saturated rings. The number of rotatable bonds is 3. The summed E-state index contributed by atoms with van der Waals surface area (Å²) in [6.45, 7) is 6.08. The quantitative estimate of drug-likeness (QED) is 0.829. The van der Waals surface area contributed by atoms with Crippen molar-refractivity contribution in [2.75, 3.05) is 26.2 Å². The molecule has 2 aliphatic rings. The van der Waals surface area contributed by atoms with Crippen LogP contribution in [0.25, 0.3) is 0 Å². The summed E-state index contributed by atoms with van der Waals surface area (Å²) in [6, 6.07) is 18.9. The van der Waals surface area contributed by atoms with Crippen molar-refractivity contribution in [3.63, 3.8) is 0 Å². The lowest BCUT2D eigenvalue weighted by molar-refractivity contribution is 0.0294. The highest BCUT2D eigenvalue weighted by molar-refractivity contribution is 5.94. The average Bonchev–Trinajstić information content (AvgIpc) is 3.24. The number of benzene rings is 2. The smallest absolute Gasteiger partial charge is 0.253 e. The van der Waals surface area contributed by atoms with Gasteiger partial charge in [0.1, 0.15) is 0 Å². The molecule has 2 heterocycles. The number of nitrogens with zero attached hydrogens (tertiary/aromatic N) is 2. The van der Waals surface area contributed by atoms with Crippen LogP contribution in [0.4, 0.5) is 0 Å². The lowest BCUT2D eigenvalue weighted by Crippen LogP contribution is -2.53. The zero-order chi connectivity index (χ0) is 18.0. The summed E-state index contributed by atoms with van der Waals surface area (Å²) in [5, 5.41) is 0. The Labute approximate surface area is 156 Å². The van der Waals surface area contributed by atoms with Gasteiger partial charge in [-0.3, -0.25) is 9.69 Å². The number of hydrogen-bond donors (Lipinski definition) is 0. The molecule has 0 aromatic heterocycles. The molecule has 1 amide bonds. The molecule has 26 heavy (non-hydrogen) atoms. The second-order valence-electron chi connectivity index (χ2n) is 7.75. The molecule has 3 heteroatoms. The lowest BCUT2D eigenvalue weighted by atomic mass is 9.79. The molecule has 2 saturated heterocycles. The molecular weight excluding hydrogens is 320 g/mol. The second kappa shape index (κ2) is 7.24. The fourth-order valence-corrected chi connectivity index (χ4v) is 4.64. The van der Waals surface area contributed by atoms with Crippen LogP contribution in [0.15, 0.2) is 54.6 Å². The van der Waals surface area contributed by atoms with E-state index >= 15 is 0 Å². The van der Waals surface area contributed by atoms with Crippen molar-refractivity contribution in [1.82, 2.24) is 9.80 Å². The molecule has 0 radical (unpaired) electrons. The van der Waals surface area contributed by atoms with Crippen molar-refractivity contribution >= 4 is 5.91 Å². The van der Waals surface area contributed by atoms with Crippen molar-refractivity contribution in [3.05, 3.63) is 71.3 Å². The third kappa shape index (κ3) is 3.16. The number of aryl methyl sites for hydroxylation is 1. The zero-order valence-electron chi connectivity index (χ0n) is 15.7. The third-order valence-corrected chi connectivity index (χ3v) is 6.20. The van der Waals surface area contributed by atoms with Crippen molar-refractivity contribution in [1.29, 1.82) is 0 Å². The summed E-state index contributed by atoms with van der Waals surface area (Å²) in [5.41, 5.74) is 3.52.